The molecule has 1 aliphatic heterocycles. The van der Waals surface area contributed by atoms with Crippen molar-refractivity contribution in [3.63, 3.8) is 0 Å². The van der Waals surface area contributed by atoms with Gasteiger partial charge in [-0.3, -0.25) is 4.79 Å². The quantitative estimate of drug-likeness (QED) is 0.924. The molecule has 21 heavy (non-hydrogen) atoms. The molecule has 0 spiro atoms. The molecule has 0 aliphatic carbocycles. The summed E-state index contributed by atoms with van der Waals surface area (Å²) in [5.41, 5.74) is 0.662. The number of aliphatic hydroxyl groups is 1. The molecule has 0 saturated carbocycles. The van der Waals surface area contributed by atoms with Crippen LogP contribution in [-0.4, -0.2) is 42.7 Å². The minimum atomic E-state index is -0.778. The van der Waals surface area contributed by atoms with Gasteiger partial charge in [-0.1, -0.05) is 0 Å². The summed E-state index contributed by atoms with van der Waals surface area (Å²) in [6.45, 7) is 2.25. The van der Waals surface area contributed by atoms with E-state index >= 15 is 0 Å². The lowest BCUT2D eigenvalue weighted by atomic mass is 9.92. The zero-order valence-electron chi connectivity index (χ0n) is 12.8. The topological polar surface area (TPSA) is 59.0 Å². The Kier molecular flexibility index (Phi) is 5.07. The molecule has 0 radical (unpaired) electrons. The van der Waals surface area contributed by atoms with Crippen LogP contribution in [-0.2, 0) is 4.79 Å². The van der Waals surface area contributed by atoms with E-state index in [4.69, 9.17) is 9.47 Å². The molecule has 0 aromatic heterocycles. The largest absolute Gasteiger partial charge is 0.497 e. The number of aliphatic hydroxyl groups excluding tert-OH is 1. The van der Waals surface area contributed by atoms with Crippen molar-refractivity contribution in [1.82, 2.24) is 4.90 Å². The molecule has 1 aromatic carbocycles. The zero-order valence-corrected chi connectivity index (χ0v) is 12.8. The average molecular weight is 293 g/mol. The molecule has 2 rings (SSSR count). The molecule has 1 N–H and O–H groups in total. The van der Waals surface area contributed by atoms with E-state index in [1.165, 1.54) is 0 Å². The minimum absolute atomic E-state index is 0.000568. The Labute approximate surface area is 125 Å². The van der Waals surface area contributed by atoms with Gasteiger partial charge in [0.2, 0.25) is 5.91 Å². The lowest BCUT2D eigenvalue weighted by Crippen LogP contribution is -2.45. The molecule has 1 aromatic rings. The van der Waals surface area contributed by atoms with Crippen LogP contribution < -0.4 is 9.47 Å². The fraction of sp³-hybridized carbons (Fsp3) is 0.562. The Morgan fingerprint density at radius 1 is 1.33 bits per heavy atom. The summed E-state index contributed by atoms with van der Waals surface area (Å²) in [4.78, 5) is 13.5. The van der Waals surface area contributed by atoms with Crippen molar-refractivity contribution in [2.24, 2.45) is 0 Å². The van der Waals surface area contributed by atoms with Gasteiger partial charge in [-0.05, 0) is 37.5 Å². The number of rotatable bonds is 4. The molecule has 1 amide bonds. The van der Waals surface area contributed by atoms with E-state index in [1.54, 1.807) is 44.2 Å². The molecule has 116 valence electrons. The van der Waals surface area contributed by atoms with Crippen molar-refractivity contribution < 1.29 is 19.4 Å². The lowest BCUT2D eigenvalue weighted by molar-refractivity contribution is -0.135. The van der Waals surface area contributed by atoms with E-state index in [0.29, 0.717) is 23.6 Å². The molecule has 2 atom stereocenters. The summed E-state index contributed by atoms with van der Waals surface area (Å²) in [6, 6.07) is 5.13. The van der Waals surface area contributed by atoms with E-state index < -0.39 is 6.10 Å². The number of carbonyl (C=O) groups excluding carboxylic acids is 1. The zero-order chi connectivity index (χ0) is 15.4. The van der Waals surface area contributed by atoms with Crippen molar-refractivity contribution in [3.05, 3.63) is 23.8 Å². The van der Waals surface area contributed by atoms with Gasteiger partial charge < -0.3 is 19.5 Å². The maximum atomic E-state index is 11.8. The first kappa shape index (κ1) is 15.6. The van der Waals surface area contributed by atoms with E-state index in [0.717, 1.165) is 19.3 Å². The van der Waals surface area contributed by atoms with Crippen LogP contribution in [0.1, 0.15) is 37.9 Å². The summed E-state index contributed by atoms with van der Waals surface area (Å²) >= 11 is 0. The van der Waals surface area contributed by atoms with Crippen LogP contribution in [0.5, 0.6) is 11.5 Å². The average Bonchev–Trinajstić information content (AvgIpc) is 2.53. The molecule has 5 heteroatoms. The van der Waals surface area contributed by atoms with Crippen LogP contribution in [0.4, 0.5) is 0 Å². The van der Waals surface area contributed by atoms with Gasteiger partial charge in [0.15, 0.2) is 0 Å². The number of carbonyl (C=O) groups is 1. The van der Waals surface area contributed by atoms with Crippen molar-refractivity contribution in [2.75, 3.05) is 20.8 Å². The second-order valence-corrected chi connectivity index (χ2v) is 5.33. The maximum absolute atomic E-state index is 11.8. The predicted octanol–water partition coefficient (Wildman–Crippen LogP) is 2.14. The summed E-state index contributed by atoms with van der Waals surface area (Å²) in [5, 5.41) is 10.8. The molecule has 0 unspecified atom stereocenters. The van der Waals surface area contributed by atoms with Crippen LogP contribution >= 0.6 is 0 Å². The highest BCUT2D eigenvalue weighted by molar-refractivity contribution is 5.73. The Morgan fingerprint density at radius 3 is 2.71 bits per heavy atom. The first-order valence-electron chi connectivity index (χ1n) is 7.25. The van der Waals surface area contributed by atoms with E-state index in [1.807, 2.05) is 0 Å². The maximum Gasteiger partial charge on any atom is 0.219 e. The van der Waals surface area contributed by atoms with Gasteiger partial charge in [0.05, 0.1) is 20.3 Å². The monoisotopic (exact) mass is 293 g/mol. The first-order chi connectivity index (χ1) is 10.1. The summed E-state index contributed by atoms with van der Waals surface area (Å²) in [6.07, 6.45) is 2.01. The van der Waals surface area contributed by atoms with E-state index in [-0.39, 0.29) is 11.9 Å². The molecule has 1 fully saturated rings. The number of nitrogens with zero attached hydrogens (tertiary/aromatic N) is 1. The van der Waals surface area contributed by atoms with Crippen molar-refractivity contribution in [1.29, 1.82) is 0 Å². The van der Waals surface area contributed by atoms with Gasteiger partial charge in [-0.15, -0.1) is 0 Å². The van der Waals surface area contributed by atoms with E-state index in [2.05, 4.69) is 0 Å². The van der Waals surface area contributed by atoms with Crippen LogP contribution in [0.25, 0.3) is 0 Å². The molecule has 1 aliphatic rings. The molecule has 5 nitrogen and oxygen atoms in total. The normalized spacial score (nSPS) is 20.0. The van der Waals surface area contributed by atoms with Gasteiger partial charge in [0.25, 0.3) is 0 Å². The lowest BCUT2D eigenvalue weighted by Gasteiger charge is -2.38. The molecule has 0 bridgehead atoms. The predicted molar refractivity (Wildman–Crippen MR) is 79.5 cm³/mol. The Morgan fingerprint density at radius 2 is 2.10 bits per heavy atom. The highest BCUT2D eigenvalue weighted by atomic mass is 16.5. The number of amides is 1. The number of hydrogen-bond donors (Lipinski definition) is 1. The van der Waals surface area contributed by atoms with Gasteiger partial charge in [0.1, 0.15) is 17.6 Å². The number of benzene rings is 1. The van der Waals surface area contributed by atoms with Crippen molar-refractivity contribution >= 4 is 5.91 Å². The second kappa shape index (κ2) is 6.80. The molecule has 1 heterocycles. The third-order valence-electron chi connectivity index (χ3n) is 4.07. The third kappa shape index (κ3) is 3.29. The highest BCUT2D eigenvalue weighted by Gasteiger charge is 2.32. The van der Waals surface area contributed by atoms with Gasteiger partial charge in [-0.25, -0.2) is 0 Å². The van der Waals surface area contributed by atoms with Crippen molar-refractivity contribution in [3.8, 4) is 11.5 Å². The Bertz CT molecular complexity index is 503. The number of piperidine rings is 1. The van der Waals surface area contributed by atoms with Crippen LogP contribution in [0.2, 0.25) is 0 Å². The number of ether oxygens (including phenoxy) is 2. The third-order valence-corrected chi connectivity index (χ3v) is 4.07. The smallest absolute Gasteiger partial charge is 0.219 e. The molecule has 1 saturated heterocycles. The Hall–Kier alpha value is -1.75. The summed E-state index contributed by atoms with van der Waals surface area (Å²) in [7, 11) is 3.15. The van der Waals surface area contributed by atoms with Gasteiger partial charge in [0, 0.05) is 19.0 Å². The van der Waals surface area contributed by atoms with Crippen molar-refractivity contribution in [2.45, 2.75) is 38.3 Å². The summed E-state index contributed by atoms with van der Waals surface area (Å²) in [5.74, 6) is 1.27. The second-order valence-electron chi connectivity index (χ2n) is 5.33. The first-order valence-corrected chi connectivity index (χ1v) is 7.25. The molecular formula is C16H23NO4. The summed E-state index contributed by atoms with van der Waals surface area (Å²) < 4.78 is 10.6. The fourth-order valence-corrected chi connectivity index (χ4v) is 2.95. The number of methoxy groups -OCH3 is 2. The van der Waals surface area contributed by atoms with Gasteiger partial charge in [-0.2, -0.15) is 0 Å². The number of hydrogen-bond acceptors (Lipinski definition) is 4. The minimum Gasteiger partial charge on any atom is -0.497 e. The number of likely N-dealkylation sites (tertiary alicyclic amines) is 1. The fourth-order valence-electron chi connectivity index (χ4n) is 2.95. The van der Waals surface area contributed by atoms with Crippen LogP contribution in [0.15, 0.2) is 18.2 Å². The Balaban J connectivity index is 2.32. The standard InChI is InChI=1S/C16H23NO4/c1-11(18)17-9-5-4-6-14(17)16(19)13-10-12(20-2)7-8-15(13)21-3/h7-8,10,14,16,19H,4-6,9H2,1-3H3/t14-,16+/m0/s1. The van der Waals surface area contributed by atoms with Crippen LogP contribution in [0.3, 0.4) is 0 Å². The molecular weight excluding hydrogens is 270 g/mol. The van der Waals surface area contributed by atoms with Crippen LogP contribution in [0, 0.1) is 0 Å². The highest BCUT2D eigenvalue weighted by Crippen LogP contribution is 2.35. The SMILES string of the molecule is COc1ccc(OC)c([C@@H](O)[C@@H]2CCCCN2C(C)=O)c1. The van der Waals surface area contributed by atoms with E-state index in [9.17, 15) is 9.90 Å². The van der Waals surface area contributed by atoms with Gasteiger partial charge >= 0.3 is 0 Å².